The molecule has 13 heteroatoms. The van der Waals surface area contributed by atoms with Crippen LogP contribution in [0.5, 0.6) is 0 Å². The number of benzene rings is 1. The molecule has 2 aromatic heterocycles. The Hall–Kier alpha value is -3.50. The highest BCUT2D eigenvalue weighted by Gasteiger charge is 2.30. The molecular formula is C18H12F3N5O3S2. The first kappa shape index (κ1) is 22.2. The van der Waals surface area contributed by atoms with Crippen LogP contribution < -0.4 is 5.32 Å². The fourth-order valence-corrected chi connectivity index (χ4v) is 3.89. The van der Waals surface area contributed by atoms with Crippen LogP contribution in [0.4, 0.5) is 18.3 Å². The molecule has 3 rings (SSSR count). The number of carbonyl (C=O) groups excluding carboxylic acids is 1. The third-order valence-corrected chi connectivity index (χ3v) is 5.44. The maximum atomic E-state index is 13.0. The Morgan fingerprint density at radius 1 is 1.29 bits per heavy atom. The summed E-state index contributed by atoms with van der Waals surface area (Å²) in [5.41, 5.74) is -0.751. The Labute approximate surface area is 178 Å². The lowest BCUT2D eigenvalue weighted by molar-refractivity contribution is -0.137. The number of carbonyl (C=O) groups is 1. The lowest BCUT2D eigenvalue weighted by atomic mass is 10.2. The zero-order valence-electron chi connectivity index (χ0n) is 15.6. The van der Waals surface area contributed by atoms with Crippen LogP contribution in [0.1, 0.15) is 11.3 Å². The van der Waals surface area contributed by atoms with Gasteiger partial charge >= 0.3 is 6.18 Å². The van der Waals surface area contributed by atoms with Crippen molar-refractivity contribution in [3.63, 3.8) is 0 Å². The first-order valence-electron chi connectivity index (χ1n) is 8.31. The molecule has 0 spiro atoms. The van der Waals surface area contributed by atoms with E-state index in [9.17, 15) is 31.6 Å². The number of sulfone groups is 1. The minimum absolute atomic E-state index is 0.125. The zero-order valence-corrected chi connectivity index (χ0v) is 17.2. The van der Waals surface area contributed by atoms with Crippen molar-refractivity contribution in [2.24, 2.45) is 0 Å². The molecule has 0 fully saturated rings. The standard InChI is InChI=1S/C18H12F3N5O3S2/c1-31(28,29)17-24-16(30-25-17)23-15(27)11(10-22)8-13-6-3-7-26(13)14-5-2-4-12(9-14)18(19,20)21/h2-9H,1H3,(H,23,24,25,27)/b11-8-. The summed E-state index contributed by atoms with van der Waals surface area (Å²) in [5.74, 6) is -0.879. The summed E-state index contributed by atoms with van der Waals surface area (Å²) >= 11 is 0.624. The molecule has 160 valence electrons. The molecule has 0 bridgehead atoms. The summed E-state index contributed by atoms with van der Waals surface area (Å²) in [5, 5.41) is 11.0. The van der Waals surface area contributed by atoms with Gasteiger partial charge in [0.1, 0.15) is 11.6 Å². The third-order valence-electron chi connectivity index (χ3n) is 3.85. The lowest BCUT2D eigenvalue weighted by Gasteiger charge is -2.11. The summed E-state index contributed by atoms with van der Waals surface area (Å²) in [7, 11) is -3.66. The third kappa shape index (κ3) is 5.16. The smallest absolute Gasteiger partial charge is 0.317 e. The summed E-state index contributed by atoms with van der Waals surface area (Å²) in [6.45, 7) is 0. The van der Waals surface area contributed by atoms with Crippen LogP contribution in [0.2, 0.25) is 0 Å². The molecular weight excluding hydrogens is 455 g/mol. The molecule has 1 aromatic carbocycles. The van der Waals surface area contributed by atoms with Crippen molar-refractivity contribution in [3.05, 3.63) is 59.4 Å². The molecule has 31 heavy (non-hydrogen) atoms. The number of aromatic nitrogens is 3. The Bertz CT molecular complexity index is 1320. The molecule has 1 N–H and O–H groups in total. The second-order valence-corrected chi connectivity index (χ2v) is 8.79. The number of nitrogens with one attached hydrogen (secondary N) is 1. The number of rotatable bonds is 5. The van der Waals surface area contributed by atoms with E-state index in [1.165, 1.54) is 35.0 Å². The number of hydrogen-bond donors (Lipinski definition) is 1. The Kier molecular flexibility index (Phi) is 5.96. The molecule has 3 aromatic rings. The maximum absolute atomic E-state index is 13.0. The first-order chi connectivity index (χ1) is 14.5. The second-order valence-electron chi connectivity index (χ2n) is 6.13. The summed E-state index contributed by atoms with van der Waals surface area (Å²) in [6, 6.07) is 9.34. The number of alkyl halides is 3. The van der Waals surface area contributed by atoms with Crippen LogP contribution in [0.3, 0.4) is 0 Å². The van der Waals surface area contributed by atoms with Gasteiger partial charge in [0.25, 0.3) is 11.1 Å². The van der Waals surface area contributed by atoms with Crippen molar-refractivity contribution in [3.8, 4) is 11.8 Å². The van der Waals surface area contributed by atoms with E-state index < -0.39 is 32.6 Å². The fraction of sp³-hybridized carbons (Fsp3) is 0.111. The van der Waals surface area contributed by atoms with Gasteiger partial charge < -0.3 is 4.57 Å². The minimum atomic E-state index is -4.52. The van der Waals surface area contributed by atoms with Crippen LogP contribution in [0.15, 0.2) is 53.3 Å². The summed E-state index contributed by atoms with van der Waals surface area (Å²) in [6.07, 6.45) is -0.946. The topological polar surface area (TPSA) is 118 Å². The molecule has 0 atom stereocenters. The molecule has 0 aliphatic rings. The predicted octanol–water partition coefficient (Wildman–Crippen LogP) is 3.30. The molecule has 1 amide bonds. The normalized spacial score (nSPS) is 12.4. The summed E-state index contributed by atoms with van der Waals surface area (Å²) < 4.78 is 66.8. The van der Waals surface area contributed by atoms with Gasteiger partial charge in [-0.15, -0.1) is 0 Å². The van der Waals surface area contributed by atoms with E-state index in [-0.39, 0.29) is 22.1 Å². The van der Waals surface area contributed by atoms with E-state index in [0.29, 0.717) is 11.5 Å². The van der Waals surface area contributed by atoms with Crippen molar-refractivity contribution in [2.45, 2.75) is 11.3 Å². The van der Waals surface area contributed by atoms with Crippen molar-refractivity contribution in [1.82, 2.24) is 13.9 Å². The van der Waals surface area contributed by atoms with E-state index in [0.717, 1.165) is 18.4 Å². The van der Waals surface area contributed by atoms with E-state index in [4.69, 9.17) is 0 Å². The zero-order chi connectivity index (χ0) is 22.8. The average molecular weight is 467 g/mol. The van der Waals surface area contributed by atoms with Crippen molar-refractivity contribution >= 4 is 38.5 Å². The highest BCUT2D eigenvalue weighted by atomic mass is 32.2. The Morgan fingerprint density at radius 3 is 2.65 bits per heavy atom. The highest BCUT2D eigenvalue weighted by molar-refractivity contribution is 7.90. The van der Waals surface area contributed by atoms with Crippen LogP contribution in [-0.4, -0.2) is 34.5 Å². The quantitative estimate of drug-likeness (QED) is 0.455. The van der Waals surface area contributed by atoms with Crippen LogP contribution in [0.25, 0.3) is 11.8 Å². The van der Waals surface area contributed by atoms with Crippen molar-refractivity contribution < 1.29 is 26.4 Å². The predicted molar refractivity (Wildman–Crippen MR) is 106 cm³/mol. The van der Waals surface area contributed by atoms with E-state index in [2.05, 4.69) is 14.7 Å². The number of hydrogen-bond acceptors (Lipinski definition) is 7. The van der Waals surface area contributed by atoms with Crippen LogP contribution in [-0.2, 0) is 20.8 Å². The van der Waals surface area contributed by atoms with Gasteiger partial charge in [-0.05, 0) is 36.4 Å². The molecule has 8 nitrogen and oxygen atoms in total. The van der Waals surface area contributed by atoms with Crippen molar-refractivity contribution in [2.75, 3.05) is 11.6 Å². The monoisotopic (exact) mass is 467 g/mol. The second kappa shape index (κ2) is 8.32. The number of anilines is 1. The Balaban J connectivity index is 1.89. The average Bonchev–Trinajstić information content (AvgIpc) is 3.34. The van der Waals surface area contributed by atoms with Gasteiger partial charge in [-0.25, -0.2) is 8.42 Å². The number of nitrogens with zero attached hydrogens (tertiary/aromatic N) is 4. The van der Waals surface area contributed by atoms with Crippen molar-refractivity contribution in [1.29, 1.82) is 5.26 Å². The van der Waals surface area contributed by atoms with Crippen LogP contribution >= 0.6 is 11.5 Å². The molecule has 0 aliphatic heterocycles. The lowest BCUT2D eigenvalue weighted by Crippen LogP contribution is -2.14. The SMILES string of the molecule is CS(=O)(=O)c1nsc(NC(=O)/C(C#N)=C\c2cccn2-c2cccc(C(F)(F)F)c2)n1. The van der Waals surface area contributed by atoms with Gasteiger partial charge in [0.05, 0.1) is 5.56 Å². The van der Waals surface area contributed by atoms with E-state index in [1.54, 1.807) is 12.1 Å². The molecule has 0 aliphatic carbocycles. The largest absolute Gasteiger partial charge is 0.416 e. The molecule has 0 radical (unpaired) electrons. The van der Waals surface area contributed by atoms with E-state index in [1.807, 2.05) is 0 Å². The van der Waals surface area contributed by atoms with Gasteiger partial charge in [-0.3, -0.25) is 10.1 Å². The molecule has 0 saturated heterocycles. The minimum Gasteiger partial charge on any atom is -0.317 e. The highest BCUT2D eigenvalue weighted by Crippen LogP contribution is 2.30. The number of nitriles is 1. The van der Waals surface area contributed by atoms with Gasteiger partial charge in [0.15, 0.2) is 0 Å². The molecule has 0 saturated carbocycles. The first-order valence-corrected chi connectivity index (χ1v) is 11.0. The maximum Gasteiger partial charge on any atom is 0.416 e. The van der Waals surface area contributed by atoms with Gasteiger partial charge in [0, 0.05) is 35.4 Å². The number of halogens is 3. The Morgan fingerprint density at radius 2 is 2.03 bits per heavy atom. The van der Waals surface area contributed by atoms with Crippen LogP contribution in [0, 0.1) is 11.3 Å². The molecule has 0 unspecified atom stereocenters. The van der Waals surface area contributed by atoms with E-state index >= 15 is 0 Å². The fourth-order valence-electron chi connectivity index (χ4n) is 2.45. The van der Waals surface area contributed by atoms with Gasteiger partial charge in [-0.1, -0.05) is 6.07 Å². The number of amides is 1. The molecule has 2 heterocycles. The summed E-state index contributed by atoms with van der Waals surface area (Å²) in [4.78, 5) is 16.1. The van der Waals surface area contributed by atoms with Gasteiger partial charge in [-0.2, -0.15) is 27.8 Å². The van der Waals surface area contributed by atoms with Gasteiger partial charge in [0.2, 0.25) is 15.0 Å².